The van der Waals surface area contributed by atoms with E-state index in [1.54, 1.807) is 37.3 Å². The molecule has 0 aliphatic carbocycles. The minimum absolute atomic E-state index is 0.0830. The predicted molar refractivity (Wildman–Crippen MR) is 122 cm³/mol. The number of amides is 1. The van der Waals surface area contributed by atoms with Crippen LogP contribution in [0.4, 0.5) is 5.69 Å². The van der Waals surface area contributed by atoms with Crippen LogP contribution in [0.1, 0.15) is 42.6 Å². The fourth-order valence-electron chi connectivity index (χ4n) is 2.85. The van der Waals surface area contributed by atoms with Gasteiger partial charge in [-0.3, -0.25) is 4.79 Å². The molecule has 174 valence electrons. The molecule has 32 heavy (non-hydrogen) atoms. The molecule has 9 heteroatoms. The van der Waals surface area contributed by atoms with E-state index in [2.05, 4.69) is 5.32 Å². The first-order chi connectivity index (χ1) is 15.2. The standard InChI is InChI=1S/C23H30N2O6S/c1-5-7-14-31-23(27)18-8-10-19(11-9-18)24-22(26)16-25(4)32(28,29)20-12-13-21(30-6-2)17(3)15-20/h8-13,15H,5-7,14,16H2,1-4H3,(H,24,26). The Balaban J connectivity index is 1.98. The van der Waals surface area contributed by atoms with Crippen LogP contribution in [0.25, 0.3) is 0 Å². The zero-order chi connectivity index (χ0) is 23.7. The van der Waals surface area contributed by atoms with Gasteiger partial charge in [0.1, 0.15) is 5.75 Å². The Labute approximate surface area is 189 Å². The van der Waals surface area contributed by atoms with Gasteiger partial charge in [-0.15, -0.1) is 0 Å². The number of likely N-dealkylation sites (N-methyl/N-ethyl adjacent to an activating group) is 1. The number of nitrogens with one attached hydrogen (secondary N) is 1. The van der Waals surface area contributed by atoms with Gasteiger partial charge in [0.15, 0.2) is 0 Å². The van der Waals surface area contributed by atoms with E-state index in [0.29, 0.717) is 35.8 Å². The van der Waals surface area contributed by atoms with Gasteiger partial charge in [-0.1, -0.05) is 13.3 Å². The third-order valence-corrected chi connectivity index (χ3v) is 6.46. The maximum absolute atomic E-state index is 12.8. The van der Waals surface area contributed by atoms with E-state index < -0.39 is 21.9 Å². The largest absolute Gasteiger partial charge is 0.494 e. The SMILES string of the molecule is CCCCOC(=O)c1ccc(NC(=O)CN(C)S(=O)(=O)c2ccc(OCC)c(C)c2)cc1. The number of ether oxygens (including phenoxy) is 2. The Kier molecular flexibility index (Phi) is 9.22. The van der Waals surface area contributed by atoms with Gasteiger partial charge in [0.2, 0.25) is 15.9 Å². The van der Waals surface area contributed by atoms with Crippen LogP contribution >= 0.6 is 0 Å². The van der Waals surface area contributed by atoms with Gasteiger partial charge in [-0.2, -0.15) is 4.31 Å². The van der Waals surface area contributed by atoms with Crippen molar-refractivity contribution in [3.8, 4) is 5.75 Å². The Morgan fingerprint density at radius 3 is 2.34 bits per heavy atom. The summed E-state index contributed by atoms with van der Waals surface area (Å²) >= 11 is 0. The first-order valence-electron chi connectivity index (χ1n) is 10.5. The smallest absolute Gasteiger partial charge is 0.338 e. The van der Waals surface area contributed by atoms with Gasteiger partial charge < -0.3 is 14.8 Å². The Morgan fingerprint density at radius 2 is 1.75 bits per heavy atom. The summed E-state index contributed by atoms with van der Waals surface area (Å²) in [5.74, 6) is -0.311. The molecular formula is C23H30N2O6S. The fraction of sp³-hybridized carbons (Fsp3) is 0.391. The fourth-order valence-corrected chi connectivity index (χ4v) is 4.06. The van der Waals surface area contributed by atoms with E-state index >= 15 is 0 Å². The summed E-state index contributed by atoms with van der Waals surface area (Å²) < 4.78 is 37.2. The number of nitrogens with zero attached hydrogens (tertiary/aromatic N) is 1. The summed E-state index contributed by atoms with van der Waals surface area (Å²) in [6.07, 6.45) is 1.73. The van der Waals surface area contributed by atoms with Crippen molar-refractivity contribution in [2.75, 3.05) is 32.1 Å². The predicted octanol–water partition coefficient (Wildman–Crippen LogP) is 3.61. The third-order valence-electron chi connectivity index (χ3n) is 4.66. The maximum atomic E-state index is 12.8. The molecule has 0 unspecified atom stereocenters. The molecule has 0 aliphatic rings. The summed E-state index contributed by atoms with van der Waals surface area (Å²) in [6.45, 7) is 6.10. The number of hydrogen-bond donors (Lipinski definition) is 1. The lowest BCUT2D eigenvalue weighted by molar-refractivity contribution is -0.116. The van der Waals surface area contributed by atoms with Gasteiger partial charge in [-0.25, -0.2) is 13.2 Å². The summed E-state index contributed by atoms with van der Waals surface area (Å²) in [5, 5.41) is 2.63. The minimum atomic E-state index is -3.85. The van der Waals surface area contributed by atoms with Crippen LogP contribution in [0.3, 0.4) is 0 Å². The molecule has 0 atom stereocenters. The highest BCUT2D eigenvalue weighted by molar-refractivity contribution is 7.89. The Morgan fingerprint density at radius 1 is 1.06 bits per heavy atom. The second kappa shape index (κ2) is 11.6. The Hall–Kier alpha value is -2.91. The molecule has 0 radical (unpaired) electrons. The van der Waals surface area contributed by atoms with Crippen molar-refractivity contribution in [2.24, 2.45) is 0 Å². The highest BCUT2D eigenvalue weighted by Gasteiger charge is 2.24. The molecule has 1 amide bonds. The van der Waals surface area contributed by atoms with Crippen LogP contribution in [-0.2, 0) is 19.6 Å². The number of anilines is 1. The zero-order valence-electron chi connectivity index (χ0n) is 18.9. The average Bonchev–Trinajstić information content (AvgIpc) is 2.75. The van der Waals surface area contributed by atoms with Crippen molar-refractivity contribution in [3.05, 3.63) is 53.6 Å². The molecule has 0 bridgehead atoms. The van der Waals surface area contributed by atoms with Gasteiger partial charge in [-0.05, 0) is 68.3 Å². The van der Waals surface area contributed by atoms with Gasteiger partial charge in [0.25, 0.3) is 0 Å². The number of sulfonamides is 1. The summed E-state index contributed by atoms with van der Waals surface area (Å²) in [7, 11) is -2.51. The van der Waals surface area contributed by atoms with Crippen LogP contribution in [0.15, 0.2) is 47.4 Å². The zero-order valence-corrected chi connectivity index (χ0v) is 19.7. The molecule has 2 aromatic rings. The summed E-state index contributed by atoms with van der Waals surface area (Å²) in [4.78, 5) is 24.4. The van der Waals surface area contributed by atoms with E-state index in [1.807, 2.05) is 13.8 Å². The van der Waals surface area contributed by atoms with Crippen LogP contribution in [-0.4, -0.2) is 51.4 Å². The molecule has 0 saturated heterocycles. The molecule has 8 nitrogen and oxygen atoms in total. The lowest BCUT2D eigenvalue weighted by Gasteiger charge is -2.18. The molecular weight excluding hydrogens is 432 g/mol. The molecule has 2 rings (SSSR count). The quantitative estimate of drug-likeness (QED) is 0.404. The molecule has 0 aliphatic heterocycles. The number of aryl methyl sites for hydroxylation is 1. The van der Waals surface area contributed by atoms with E-state index in [4.69, 9.17) is 9.47 Å². The molecule has 0 saturated carbocycles. The van der Waals surface area contributed by atoms with E-state index in [-0.39, 0.29) is 11.4 Å². The van der Waals surface area contributed by atoms with E-state index in [9.17, 15) is 18.0 Å². The number of esters is 1. The van der Waals surface area contributed by atoms with Crippen molar-refractivity contribution in [3.63, 3.8) is 0 Å². The number of benzene rings is 2. The number of hydrogen-bond acceptors (Lipinski definition) is 6. The summed E-state index contributed by atoms with van der Waals surface area (Å²) in [6, 6.07) is 10.8. The number of rotatable bonds is 11. The highest BCUT2D eigenvalue weighted by atomic mass is 32.2. The monoisotopic (exact) mass is 462 g/mol. The lowest BCUT2D eigenvalue weighted by Crippen LogP contribution is -2.35. The molecule has 0 fully saturated rings. The van der Waals surface area contributed by atoms with E-state index in [0.717, 1.165) is 17.1 Å². The van der Waals surface area contributed by atoms with Crippen LogP contribution in [0.2, 0.25) is 0 Å². The van der Waals surface area contributed by atoms with Gasteiger partial charge in [0, 0.05) is 12.7 Å². The van der Waals surface area contributed by atoms with Crippen LogP contribution in [0, 0.1) is 6.92 Å². The lowest BCUT2D eigenvalue weighted by atomic mass is 10.2. The van der Waals surface area contributed by atoms with Crippen molar-refractivity contribution < 1.29 is 27.5 Å². The van der Waals surface area contributed by atoms with Crippen LogP contribution in [0.5, 0.6) is 5.75 Å². The minimum Gasteiger partial charge on any atom is -0.494 e. The van der Waals surface area contributed by atoms with Crippen molar-refractivity contribution >= 4 is 27.6 Å². The van der Waals surface area contributed by atoms with Crippen molar-refractivity contribution in [1.29, 1.82) is 0 Å². The number of carbonyl (C=O) groups is 2. The summed E-state index contributed by atoms with van der Waals surface area (Å²) in [5.41, 5.74) is 1.52. The molecule has 1 N–H and O–H groups in total. The number of unbranched alkanes of at least 4 members (excludes halogenated alkanes) is 1. The van der Waals surface area contributed by atoms with E-state index in [1.165, 1.54) is 19.2 Å². The first-order valence-corrected chi connectivity index (χ1v) is 11.9. The topological polar surface area (TPSA) is 102 Å². The molecule has 0 spiro atoms. The Bertz CT molecular complexity index is 1030. The van der Waals surface area contributed by atoms with Gasteiger partial charge in [0.05, 0.1) is 30.2 Å². The molecule has 2 aromatic carbocycles. The van der Waals surface area contributed by atoms with Gasteiger partial charge >= 0.3 is 5.97 Å². The third kappa shape index (κ3) is 6.80. The maximum Gasteiger partial charge on any atom is 0.338 e. The highest BCUT2D eigenvalue weighted by Crippen LogP contribution is 2.23. The normalized spacial score (nSPS) is 11.3. The molecule has 0 heterocycles. The average molecular weight is 463 g/mol. The number of carbonyl (C=O) groups excluding carboxylic acids is 2. The second-order valence-corrected chi connectivity index (χ2v) is 9.28. The molecule has 0 aromatic heterocycles. The first kappa shape index (κ1) is 25.4. The second-order valence-electron chi connectivity index (χ2n) is 7.24. The van der Waals surface area contributed by atoms with Crippen molar-refractivity contribution in [2.45, 2.75) is 38.5 Å². The van der Waals surface area contributed by atoms with Crippen LogP contribution < -0.4 is 10.1 Å². The van der Waals surface area contributed by atoms with Crippen molar-refractivity contribution in [1.82, 2.24) is 4.31 Å².